The van der Waals surface area contributed by atoms with Gasteiger partial charge in [-0.15, -0.1) is 0 Å². The zero-order valence-electron chi connectivity index (χ0n) is 13.6. The molecule has 9 heteroatoms. The van der Waals surface area contributed by atoms with E-state index in [1.165, 1.54) is 24.4 Å². The third kappa shape index (κ3) is 3.67. The van der Waals surface area contributed by atoms with Crippen molar-refractivity contribution in [2.45, 2.75) is 12.7 Å². The number of rotatable bonds is 4. The fourth-order valence-electron chi connectivity index (χ4n) is 2.61. The summed E-state index contributed by atoms with van der Waals surface area (Å²) in [7, 11) is 0. The Morgan fingerprint density at radius 1 is 1.22 bits per heavy atom. The minimum absolute atomic E-state index is 0.0588. The third-order valence-corrected chi connectivity index (χ3v) is 3.86. The van der Waals surface area contributed by atoms with Gasteiger partial charge in [-0.05, 0) is 29.8 Å². The number of pyridine rings is 1. The van der Waals surface area contributed by atoms with Crippen molar-refractivity contribution in [3.05, 3.63) is 60.9 Å². The van der Waals surface area contributed by atoms with Gasteiger partial charge in [-0.2, -0.15) is 22.0 Å². The number of amides is 1. The number of benzene rings is 1. The number of carbonyl (C=O) groups is 1. The molecule has 1 N–H and O–H groups in total. The van der Waals surface area contributed by atoms with Crippen LogP contribution in [0.4, 0.5) is 27.6 Å². The first-order valence-electron chi connectivity index (χ1n) is 7.60. The van der Waals surface area contributed by atoms with Gasteiger partial charge in [-0.1, -0.05) is 18.7 Å². The topological polar surface area (TPSA) is 46.9 Å². The van der Waals surface area contributed by atoms with Crippen molar-refractivity contribution in [2.75, 3.05) is 5.32 Å². The summed E-state index contributed by atoms with van der Waals surface area (Å²) in [6.07, 6.45) is -1.15. The molecule has 3 aromatic rings. The summed E-state index contributed by atoms with van der Waals surface area (Å²) >= 11 is 0. The maximum Gasteiger partial charge on any atom is 0.416 e. The lowest BCUT2D eigenvalue weighted by Gasteiger charge is -2.07. The molecule has 3 rings (SSSR count). The van der Waals surface area contributed by atoms with Crippen LogP contribution in [-0.2, 0) is 11.0 Å². The van der Waals surface area contributed by atoms with Crippen molar-refractivity contribution in [1.29, 1.82) is 0 Å². The fourth-order valence-corrected chi connectivity index (χ4v) is 2.61. The number of nitrogens with zero attached hydrogens (tertiary/aromatic N) is 2. The molecule has 0 saturated carbocycles. The van der Waals surface area contributed by atoms with Crippen molar-refractivity contribution < 1.29 is 26.7 Å². The number of alkyl halides is 5. The highest BCUT2D eigenvalue weighted by molar-refractivity contribution is 6.01. The Morgan fingerprint density at radius 2 is 1.89 bits per heavy atom. The molecular formula is C18H12F5N3O. The fraction of sp³-hybridized carbons (Fsp3) is 0.111. The summed E-state index contributed by atoms with van der Waals surface area (Å²) in [4.78, 5) is 15.4. The van der Waals surface area contributed by atoms with E-state index in [0.717, 1.165) is 24.4 Å². The molecular weight excluding hydrogens is 369 g/mol. The average Bonchev–Trinajstić information content (AvgIpc) is 3.00. The Hall–Kier alpha value is -3.23. The van der Waals surface area contributed by atoms with Gasteiger partial charge in [0.1, 0.15) is 5.65 Å². The first kappa shape index (κ1) is 18.6. The predicted octanol–water partition coefficient (Wildman–Crippen LogP) is 5.24. The highest BCUT2D eigenvalue weighted by atomic mass is 19.4. The largest absolute Gasteiger partial charge is 0.416 e. The smallest absolute Gasteiger partial charge is 0.321 e. The van der Waals surface area contributed by atoms with Crippen molar-refractivity contribution in [3.63, 3.8) is 0 Å². The summed E-state index contributed by atoms with van der Waals surface area (Å²) < 4.78 is 65.4. The van der Waals surface area contributed by atoms with E-state index in [0.29, 0.717) is 10.1 Å². The molecule has 0 aliphatic rings. The number of carbonyl (C=O) groups excluding carboxylic acids is 1. The quantitative estimate of drug-likeness (QED) is 0.496. The second-order valence-electron chi connectivity index (χ2n) is 5.59. The van der Waals surface area contributed by atoms with Gasteiger partial charge in [0.2, 0.25) is 5.91 Å². The van der Waals surface area contributed by atoms with Gasteiger partial charge < -0.3 is 5.32 Å². The van der Waals surface area contributed by atoms with Gasteiger partial charge in [0.15, 0.2) is 0 Å². The summed E-state index contributed by atoms with van der Waals surface area (Å²) in [5, 5.41) is 2.73. The van der Waals surface area contributed by atoms with E-state index in [2.05, 4.69) is 16.9 Å². The molecule has 2 heterocycles. The lowest BCUT2D eigenvalue weighted by Crippen LogP contribution is -2.07. The molecule has 2 aromatic heterocycles. The SMILES string of the molecule is C=CC(=O)Nc1cnc2c(c1)c(-c1ccc(C(F)(F)F)cc1)cn2C(F)F. The van der Waals surface area contributed by atoms with E-state index in [4.69, 9.17) is 0 Å². The highest BCUT2D eigenvalue weighted by Crippen LogP contribution is 2.36. The number of nitrogens with one attached hydrogen (secondary N) is 1. The van der Waals surface area contributed by atoms with E-state index in [1.807, 2.05) is 0 Å². The van der Waals surface area contributed by atoms with Crippen LogP contribution in [0.25, 0.3) is 22.2 Å². The molecule has 0 fully saturated rings. The van der Waals surface area contributed by atoms with Crippen molar-refractivity contribution >= 4 is 22.6 Å². The van der Waals surface area contributed by atoms with Gasteiger partial charge >= 0.3 is 12.7 Å². The second kappa shape index (κ2) is 6.82. The Kier molecular flexibility index (Phi) is 4.69. The maximum absolute atomic E-state index is 13.3. The second-order valence-corrected chi connectivity index (χ2v) is 5.59. The molecule has 1 aromatic carbocycles. The average molecular weight is 381 g/mol. The van der Waals surface area contributed by atoms with Gasteiger partial charge in [0.25, 0.3) is 0 Å². The molecule has 0 radical (unpaired) electrons. The Labute approximate surface area is 149 Å². The van der Waals surface area contributed by atoms with E-state index in [-0.39, 0.29) is 22.3 Å². The van der Waals surface area contributed by atoms with Crippen molar-refractivity contribution in [1.82, 2.24) is 9.55 Å². The molecule has 0 atom stereocenters. The van der Waals surface area contributed by atoms with Gasteiger partial charge in [-0.3, -0.25) is 9.36 Å². The van der Waals surface area contributed by atoms with Crippen LogP contribution in [0, 0.1) is 0 Å². The lowest BCUT2D eigenvalue weighted by molar-refractivity contribution is -0.137. The molecule has 1 amide bonds. The molecule has 140 valence electrons. The predicted molar refractivity (Wildman–Crippen MR) is 90.3 cm³/mol. The van der Waals surface area contributed by atoms with Crippen molar-refractivity contribution in [2.24, 2.45) is 0 Å². The number of fused-ring (bicyclic) bond motifs is 1. The molecule has 27 heavy (non-hydrogen) atoms. The van der Waals surface area contributed by atoms with Crippen LogP contribution in [0.3, 0.4) is 0 Å². The number of halogens is 5. The first-order chi connectivity index (χ1) is 12.7. The summed E-state index contributed by atoms with van der Waals surface area (Å²) in [5.41, 5.74) is -0.0902. The van der Waals surface area contributed by atoms with Crippen LogP contribution in [0.15, 0.2) is 55.4 Å². The molecule has 0 aliphatic heterocycles. The van der Waals surface area contributed by atoms with Crippen LogP contribution >= 0.6 is 0 Å². The lowest BCUT2D eigenvalue weighted by atomic mass is 10.0. The van der Waals surface area contributed by atoms with Crippen LogP contribution in [0.2, 0.25) is 0 Å². The van der Waals surface area contributed by atoms with Gasteiger partial charge in [0, 0.05) is 17.1 Å². The molecule has 0 aliphatic carbocycles. The number of hydrogen-bond acceptors (Lipinski definition) is 2. The minimum atomic E-state index is -4.50. The van der Waals surface area contributed by atoms with Gasteiger partial charge in [-0.25, -0.2) is 4.98 Å². The normalized spacial score (nSPS) is 11.8. The van der Waals surface area contributed by atoms with Gasteiger partial charge in [0.05, 0.1) is 17.4 Å². The van der Waals surface area contributed by atoms with Crippen molar-refractivity contribution in [3.8, 4) is 11.1 Å². The number of anilines is 1. The monoisotopic (exact) mass is 381 g/mol. The van der Waals surface area contributed by atoms with E-state index >= 15 is 0 Å². The summed E-state index contributed by atoms with van der Waals surface area (Å²) in [5.74, 6) is -0.513. The number of hydrogen-bond donors (Lipinski definition) is 1. The zero-order chi connectivity index (χ0) is 19.8. The molecule has 0 spiro atoms. The van der Waals surface area contributed by atoms with Crippen LogP contribution in [-0.4, -0.2) is 15.5 Å². The Balaban J connectivity index is 2.14. The van der Waals surface area contributed by atoms with E-state index in [1.54, 1.807) is 0 Å². The highest BCUT2D eigenvalue weighted by Gasteiger charge is 2.30. The number of aromatic nitrogens is 2. The maximum atomic E-state index is 13.3. The van der Waals surface area contributed by atoms with E-state index in [9.17, 15) is 26.7 Å². The standard InChI is InChI=1S/C18H12F5N3O/c1-2-15(27)25-12-7-13-14(9-26(17(19)20)16(13)24-8-12)10-3-5-11(6-4-10)18(21,22)23/h2-9,17H,1H2,(H,25,27). The van der Waals surface area contributed by atoms with Crippen LogP contribution in [0.5, 0.6) is 0 Å². The summed E-state index contributed by atoms with van der Waals surface area (Å²) in [6, 6.07) is 5.57. The molecule has 4 nitrogen and oxygen atoms in total. The molecule has 0 unspecified atom stereocenters. The van der Waals surface area contributed by atoms with Crippen LogP contribution < -0.4 is 5.32 Å². The molecule has 0 bridgehead atoms. The van der Waals surface area contributed by atoms with Crippen LogP contribution in [0.1, 0.15) is 12.1 Å². The summed E-state index contributed by atoms with van der Waals surface area (Å²) in [6.45, 7) is 0.420. The first-order valence-corrected chi connectivity index (χ1v) is 7.60. The zero-order valence-corrected chi connectivity index (χ0v) is 13.6. The Bertz CT molecular complexity index is 1010. The third-order valence-electron chi connectivity index (χ3n) is 3.86. The van der Waals surface area contributed by atoms with E-state index < -0.39 is 24.2 Å². The molecule has 0 saturated heterocycles. The Morgan fingerprint density at radius 3 is 2.44 bits per heavy atom. The minimum Gasteiger partial charge on any atom is -0.321 e.